The molecule has 0 aliphatic carbocycles. The zero-order chi connectivity index (χ0) is 14.0. The number of benzene rings is 1. The zero-order valence-electron chi connectivity index (χ0n) is 8.72. The Morgan fingerprint density at radius 1 is 1.11 bits per heavy atom. The monoisotopic (exact) mass is 298 g/mol. The van der Waals surface area contributed by atoms with Gasteiger partial charge in [-0.1, -0.05) is 35.0 Å². The quantitative estimate of drug-likeness (QED) is 0.783. The fourth-order valence-corrected chi connectivity index (χ4v) is 1.76. The lowest BCUT2D eigenvalue weighted by atomic mass is 9.93. The lowest BCUT2D eigenvalue weighted by Gasteiger charge is -2.26. The van der Waals surface area contributed by atoms with Gasteiger partial charge in [0.25, 0.3) is 0 Å². The maximum absolute atomic E-state index is 12.9. The average molecular weight is 299 g/mol. The van der Waals surface area contributed by atoms with Gasteiger partial charge in [-0.3, -0.25) is 0 Å². The summed E-state index contributed by atoms with van der Waals surface area (Å²) in [7, 11) is 0. The van der Waals surface area contributed by atoms with Crippen molar-refractivity contribution in [3.63, 3.8) is 0 Å². The molecule has 1 aromatic carbocycles. The van der Waals surface area contributed by atoms with Gasteiger partial charge in [0.05, 0.1) is 0 Å². The topological polar surface area (TPSA) is 40.5 Å². The van der Waals surface area contributed by atoms with Gasteiger partial charge in [0, 0.05) is 15.6 Å². The molecule has 98 valence electrons. The maximum Gasteiger partial charge on any atom is 0.433 e. The van der Waals surface area contributed by atoms with Gasteiger partial charge < -0.3 is 10.2 Å². The maximum atomic E-state index is 12.9. The van der Waals surface area contributed by atoms with E-state index in [4.69, 9.17) is 28.3 Å². The summed E-state index contributed by atoms with van der Waals surface area (Å²) in [6.07, 6.45) is -5.05. The summed E-state index contributed by atoms with van der Waals surface area (Å²) in [5.41, 5.74) is -4.03. The smallest absolute Gasteiger partial charge is 0.384 e. The predicted octanol–water partition coefficient (Wildman–Crippen LogP) is 2.74. The van der Waals surface area contributed by atoms with E-state index in [1.54, 1.807) is 11.8 Å². The fraction of sp³-hybridized carbons (Fsp3) is 0.273. The Morgan fingerprint density at radius 3 is 2.00 bits per heavy atom. The van der Waals surface area contributed by atoms with Crippen molar-refractivity contribution < 1.29 is 23.4 Å². The average Bonchev–Trinajstić information content (AvgIpc) is 2.22. The Balaban J connectivity index is 3.44. The molecule has 2 nitrogen and oxygen atoms in total. The van der Waals surface area contributed by atoms with Crippen molar-refractivity contribution in [2.45, 2.75) is 11.8 Å². The molecule has 1 rings (SSSR count). The number of rotatable bonds is 1. The van der Waals surface area contributed by atoms with Gasteiger partial charge in [-0.15, -0.1) is 0 Å². The van der Waals surface area contributed by atoms with Gasteiger partial charge >= 0.3 is 6.18 Å². The highest BCUT2D eigenvalue weighted by Gasteiger charge is 2.54. The Labute approximate surface area is 111 Å². The minimum absolute atomic E-state index is 0.0639. The second kappa shape index (κ2) is 5.37. The molecule has 0 aromatic heterocycles. The Hall–Kier alpha value is -0.930. The van der Waals surface area contributed by atoms with Gasteiger partial charge in [0.15, 0.2) is 0 Å². The second-order valence-electron chi connectivity index (χ2n) is 3.33. The predicted molar refractivity (Wildman–Crippen MR) is 61.3 cm³/mol. The molecule has 0 saturated heterocycles. The largest absolute Gasteiger partial charge is 0.433 e. The summed E-state index contributed by atoms with van der Waals surface area (Å²) < 4.78 is 38.6. The first kappa shape index (κ1) is 15.1. The van der Waals surface area contributed by atoms with E-state index in [0.29, 0.717) is 0 Å². The summed E-state index contributed by atoms with van der Waals surface area (Å²) in [6.45, 7) is -0.813. The van der Waals surface area contributed by atoms with Gasteiger partial charge in [-0.2, -0.15) is 13.2 Å². The van der Waals surface area contributed by atoms with Gasteiger partial charge in [0.1, 0.15) is 6.61 Å². The minimum Gasteiger partial charge on any atom is -0.384 e. The van der Waals surface area contributed by atoms with E-state index >= 15 is 0 Å². The van der Waals surface area contributed by atoms with Gasteiger partial charge in [-0.05, 0) is 18.2 Å². The van der Waals surface area contributed by atoms with E-state index < -0.39 is 23.9 Å². The van der Waals surface area contributed by atoms with Crippen LogP contribution < -0.4 is 0 Å². The van der Waals surface area contributed by atoms with Crippen LogP contribution >= 0.6 is 23.2 Å². The molecule has 0 heterocycles. The standard InChI is InChI=1S/C11H7Cl2F3O2/c12-8-4-7(5-9(13)6-8)10(18,2-1-3-17)11(14,15)16/h4-6,17-18H,3H2/t10-/m1/s1. The van der Waals surface area contributed by atoms with Crippen molar-refractivity contribution in [2.24, 2.45) is 0 Å². The van der Waals surface area contributed by atoms with E-state index in [0.717, 1.165) is 12.1 Å². The molecule has 0 amide bonds. The Morgan fingerprint density at radius 2 is 1.61 bits per heavy atom. The minimum atomic E-state index is -5.05. The van der Waals surface area contributed by atoms with Crippen LogP contribution in [-0.4, -0.2) is 23.0 Å². The van der Waals surface area contributed by atoms with Crippen LogP contribution in [0.4, 0.5) is 13.2 Å². The first-order valence-corrected chi connectivity index (χ1v) is 5.33. The van der Waals surface area contributed by atoms with Crippen LogP contribution in [-0.2, 0) is 5.60 Å². The SMILES string of the molecule is OCC#C[C@@](O)(c1cc(Cl)cc(Cl)c1)C(F)(F)F. The Bertz CT molecular complexity index is 485. The summed E-state index contributed by atoms with van der Waals surface area (Å²) in [4.78, 5) is 0. The van der Waals surface area contributed by atoms with Crippen LogP contribution in [0.3, 0.4) is 0 Å². The summed E-state index contributed by atoms with van der Waals surface area (Å²) in [5, 5.41) is 18.0. The van der Waals surface area contributed by atoms with E-state index in [-0.39, 0.29) is 10.0 Å². The van der Waals surface area contributed by atoms with Crippen molar-refractivity contribution in [3.8, 4) is 11.8 Å². The molecule has 0 saturated carbocycles. The molecular weight excluding hydrogens is 292 g/mol. The molecule has 0 spiro atoms. The third-order valence-corrected chi connectivity index (χ3v) is 2.48. The van der Waals surface area contributed by atoms with Crippen LogP contribution in [0.2, 0.25) is 10.0 Å². The zero-order valence-corrected chi connectivity index (χ0v) is 10.2. The van der Waals surface area contributed by atoms with E-state index in [1.165, 1.54) is 6.07 Å². The van der Waals surface area contributed by atoms with Crippen LogP contribution in [0.1, 0.15) is 5.56 Å². The normalized spacial score (nSPS) is 14.6. The molecule has 2 N–H and O–H groups in total. The summed E-state index contributed by atoms with van der Waals surface area (Å²) >= 11 is 11.2. The molecule has 0 aliphatic heterocycles. The molecule has 1 atom stereocenters. The first-order chi connectivity index (χ1) is 8.20. The molecular formula is C11H7Cl2F3O2. The molecule has 0 unspecified atom stereocenters. The molecule has 0 radical (unpaired) electrons. The summed E-state index contributed by atoms with van der Waals surface area (Å²) in [5.74, 6) is 3.35. The second-order valence-corrected chi connectivity index (χ2v) is 4.20. The van der Waals surface area contributed by atoms with Crippen molar-refractivity contribution in [1.82, 2.24) is 0 Å². The lowest BCUT2D eigenvalue weighted by molar-refractivity contribution is -0.240. The van der Waals surface area contributed by atoms with Crippen molar-refractivity contribution in [2.75, 3.05) is 6.61 Å². The van der Waals surface area contributed by atoms with Gasteiger partial charge in [0.2, 0.25) is 5.60 Å². The van der Waals surface area contributed by atoms with Crippen LogP contribution in [0.15, 0.2) is 18.2 Å². The highest BCUT2D eigenvalue weighted by Crippen LogP contribution is 2.40. The van der Waals surface area contributed by atoms with Crippen LogP contribution in [0.25, 0.3) is 0 Å². The third-order valence-electron chi connectivity index (χ3n) is 2.04. The van der Waals surface area contributed by atoms with Crippen LogP contribution in [0, 0.1) is 11.8 Å². The molecule has 0 bridgehead atoms. The van der Waals surface area contributed by atoms with Gasteiger partial charge in [-0.25, -0.2) is 0 Å². The number of hydrogen-bond acceptors (Lipinski definition) is 2. The Kier molecular flexibility index (Phi) is 4.51. The summed E-state index contributed by atoms with van der Waals surface area (Å²) in [6, 6.07) is 3.04. The highest BCUT2D eigenvalue weighted by atomic mass is 35.5. The van der Waals surface area contributed by atoms with Crippen molar-refractivity contribution in [1.29, 1.82) is 0 Å². The molecule has 0 aliphatic rings. The number of halogens is 5. The number of aliphatic hydroxyl groups excluding tert-OH is 1. The molecule has 7 heteroatoms. The first-order valence-electron chi connectivity index (χ1n) is 4.57. The third kappa shape index (κ3) is 3.09. The number of alkyl halides is 3. The van der Waals surface area contributed by atoms with E-state index in [9.17, 15) is 18.3 Å². The number of hydrogen-bond donors (Lipinski definition) is 2. The van der Waals surface area contributed by atoms with E-state index in [2.05, 4.69) is 0 Å². The lowest BCUT2D eigenvalue weighted by Crippen LogP contribution is -2.41. The van der Waals surface area contributed by atoms with Crippen molar-refractivity contribution in [3.05, 3.63) is 33.8 Å². The number of aliphatic hydroxyl groups is 2. The fourth-order valence-electron chi connectivity index (χ4n) is 1.24. The molecule has 18 heavy (non-hydrogen) atoms. The van der Waals surface area contributed by atoms with E-state index in [1.807, 2.05) is 0 Å². The molecule has 1 aromatic rings. The van der Waals surface area contributed by atoms with Crippen molar-refractivity contribution >= 4 is 23.2 Å². The highest BCUT2D eigenvalue weighted by molar-refractivity contribution is 6.34. The van der Waals surface area contributed by atoms with Crippen LogP contribution in [0.5, 0.6) is 0 Å². The molecule has 0 fully saturated rings.